The molecule has 1 heterocycles. The van der Waals surface area contributed by atoms with Crippen molar-refractivity contribution in [1.82, 2.24) is 5.16 Å². The number of aromatic nitrogens is 1. The number of primary sulfonamides is 1. The molecule has 0 atom stereocenters. The molecular formula is C23H19BrN2O4S. The molecule has 0 saturated carbocycles. The summed E-state index contributed by atoms with van der Waals surface area (Å²) in [6.45, 7) is 1.76. The van der Waals surface area contributed by atoms with Gasteiger partial charge in [0.15, 0.2) is 5.76 Å². The molecule has 4 aromatic rings. The number of nitrogens with zero attached hydrogens (tertiary/aromatic N) is 1. The molecule has 8 heteroatoms. The van der Waals surface area contributed by atoms with Crippen LogP contribution in [0.25, 0.3) is 33.6 Å². The highest BCUT2D eigenvalue weighted by molar-refractivity contribution is 9.10. The Morgan fingerprint density at radius 3 is 2.23 bits per heavy atom. The summed E-state index contributed by atoms with van der Waals surface area (Å²) in [6, 6.07) is 20.2. The third-order valence-corrected chi connectivity index (χ3v) is 6.84. The number of ether oxygens (including phenoxy) is 1. The first kappa shape index (κ1) is 21.3. The molecule has 0 bridgehead atoms. The van der Waals surface area contributed by atoms with Crippen LogP contribution in [0.2, 0.25) is 0 Å². The zero-order valence-corrected chi connectivity index (χ0v) is 19.2. The van der Waals surface area contributed by atoms with Gasteiger partial charge in [-0.25, -0.2) is 13.6 Å². The van der Waals surface area contributed by atoms with Gasteiger partial charge < -0.3 is 9.26 Å². The fourth-order valence-electron chi connectivity index (χ4n) is 3.56. The van der Waals surface area contributed by atoms with Crippen LogP contribution in [0.15, 0.2) is 80.6 Å². The molecule has 0 aliphatic rings. The summed E-state index contributed by atoms with van der Waals surface area (Å²) < 4.78 is 36.9. The Morgan fingerprint density at radius 2 is 1.61 bits per heavy atom. The molecular weight excluding hydrogens is 480 g/mol. The average molecular weight is 499 g/mol. The van der Waals surface area contributed by atoms with E-state index >= 15 is 0 Å². The lowest BCUT2D eigenvalue weighted by atomic mass is 9.89. The number of nitrogens with two attached hydrogens (primary N) is 1. The maximum atomic E-state index is 12.6. The summed E-state index contributed by atoms with van der Waals surface area (Å²) in [6.07, 6.45) is 0. The number of halogens is 1. The normalized spacial score (nSPS) is 11.5. The largest absolute Gasteiger partial charge is 0.496 e. The predicted molar refractivity (Wildman–Crippen MR) is 123 cm³/mol. The van der Waals surface area contributed by atoms with Crippen LogP contribution in [0.3, 0.4) is 0 Å². The van der Waals surface area contributed by atoms with Crippen LogP contribution >= 0.6 is 15.9 Å². The maximum Gasteiger partial charge on any atom is 0.238 e. The maximum absolute atomic E-state index is 12.6. The molecule has 6 nitrogen and oxygen atoms in total. The van der Waals surface area contributed by atoms with Crippen molar-refractivity contribution < 1.29 is 17.7 Å². The average Bonchev–Trinajstić information content (AvgIpc) is 3.10. The van der Waals surface area contributed by atoms with Crippen LogP contribution in [0.5, 0.6) is 5.75 Å². The molecule has 0 fully saturated rings. The molecule has 2 N–H and O–H groups in total. The van der Waals surface area contributed by atoms with Crippen LogP contribution in [0.1, 0.15) is 5.69 Å². The van der Waals surface area contributed by atoms with Crippen molar-refractivity contribution in [3.63, 3.8) is 0 Å². The summed E-state index contributed by atoms with van der Waals surface area (Å²) in [4.78, 5) is -0.0538. The number of hydrogen-bond acceptors (Lipinski definition) is 5. The van der Waals surface area contributed by atoms with Crippen molar-refractivity contribution in [3.05, 3.63) is 76.9 Å². The zero-order chi connectivity index (χ0) is 22.2. The van der Waals surface area contributed by atoms with E-state index in [1.54, 1.807) is 20.1 Å². The highest BCUT2D eigenvalue weighted by Crippen LogP contribution is 2.47. The molecule has 0 spiro atoms. The summed E-state index contributed by atoms with van der Waals surface area (Å²) in [5.74, 6) is 0.943. The van der Waals surface area contributed by atoms with E-state index in [9.17, 15) is 8.42 Å². The first-order valence-electron chi connectivity index (χ1n) is 9.33. The Bertz CT molecular complexity index is 1370. The van der Waals surface area contributed by atoms with Gasteiger partial charge in [-0.1, -0.05) is 59.8 Å². The monoisotopic (exact) mass is 498 g/mol. The van der Waals surface area contributed by atoms with Crippen molar-refractivity contribution in [3.8, 4) is 39.3 Å². The molecule has 0 amide bonds. The quantitative estimate of drug-likeness (QED) is 0.397. The van der Waals surface area contributed by atoms with Crippen molar-refractivity contribution in [2.45, 2.75) is 11.8 Å². The van der Waals surface area contributed by atoms with E-state index in [-0.39, 0.29) is 10.7 Å². The van der Waals surface area contributed by atoms with E-state index in [2.05, 4.69) is 21.1 Å². The van der Waals surface area contributed by atoms with Gasteiger partial charge in [0, 0.05) is 16.7 Å². The third-order valence-electron chi connectivity index (χ3n) is 4.95. The molecule has 3 aromatic carbocycles. The van der Waals surface area contributed by atoms with Crippen molar-refractivity contribution >= 4 is 26.0 Å². The minimum absolute atomic E-state index is 0.0538. The van der Waals surface area contributed by atoms with Gasteiger partial charge >= 0.3 is 0 Å². The highest BCUT2D eigenvalue weighted by Gasteiger charge is 2.28. The molecule has 0 aliphatic carbocycles. The summed E-state index contributed by atoms with van der Waals surface area (Å²) in [5, 5.41) is 9.62. The van der Waals surface area contributed by atoms with Gasteiger partial charge in [-0.3, -0.25) is 0 Å². The Hall–Kier alpha value is -2.94. The lowest BCUT2D eigenvalue weighted by Crippen LogP contribution is -2.14. The number of methoxy groups -OCH3 is 1. The molecule has 4 rings (SSSR count). The van der Waals surface area contributed by atoms with Gasteiger partial charge in [-0.05, 0) is 46.1 Å². The van der Waals surface area contributed by atoms with Crippen molar-refractivity contribution in [1.29, 1.82) is 0 Å². The summed E-state index contributed by atoms with van der Waals surface area (Å²) in [5.41, 5.74) is 3.95. The topological polar surface area (TPSA) is 95.4 Å². The van der Waals surface area contributed by atoms with Gasteiger partial charge in [-0.15, -0.1) is 0 Å². The second kappa shape index (κ2) is 8.30. The predicted octanol–water partition coefficient (Wildman–Crippen LogP) is 5.40. The Kier molecular flexibility index (Phi) is 5.70. The smallest absolute Gasteiger partial charge is 0.238 e. The van der Waals surface area contributed by atoms with Gasteiger partial charge in [0.2, 0.25) is 10.0 Å². The molecule has 0 radical (unpaired) electrons. The van der Waals surface area contributed by atoms with E-state index in [0.717, 1.165) is 16.7 Å². The van der Waals surface area contributed by atoms with Crippen molar-refractivity contribution in [2.75, 3.05) is 7.11 Å². The van der Waals surface area contributed by atoms with Crippen LogP contribution in [-0.2, 0) is 10.0 Å². The van der Waals surface area contributed by atoms with E-state index in [1.165, 1.54) is 6.07 Å². The minimum Gasteiger partial charge on any atom is -0.496 e. The highest BCUT2D eigenvalue weighted by atomic mass is 79.9. The van der Waals surface area contributed by atoms with Gasteiger partial charge in [0.25, 0.3) is 0 Å². The molecule has 0 aliphatic heterocycles. The van der Waals surface area contributed by atoms with Crippen LogP contribution in [0.4, 0.5) is 0 Å². The van der Waals surface area contributed by atoms with Crippen LogP contribution < -0.4 is 9.88 Å². The molecule has 31 heavy (non-hydrogen) atoms. The first-order valence-corrected chi connectivity index (χ1v) is 11.7. The SMILES string of the molecule is COc1ccccc1-c1ccc(S(N)(=O)=O)c(-c2onc(C)c2Br)c1-c1ccccc1. The van der Waals surface area contributed by atoms with Gasteiger partial charge in [0.1, 0.15) is 5.75 Å². The molecule has 158 valence electrons. The standard InChI is InChI=1S/C23H19BrN2O4S/c1-14-22(24)23(30-26-14)21-19(31(25,27)28)13-12-17(16-10-6-7-11-18(16)29-2)20(21)15-8-4-3-5-9-15/h3-13H,1-2H3,(H2,25,27,28). The fraction of sp³-hybridized carbons (Fsp3) is 0.0870. The number of rotatable bonds is 5. The van der Waals surface area contributed by atoms with E-state index < -0.39 is 10.0 Å². The second-order valence-corrected chi connectivity index (χ2v) is 9.21. The number of aryl methyl sites for hydroxylation is 1. The number of hydrogen-bond donors (Lipinski definition) is 1. The molecule has 0 saturated heterocycles. The zero-order valence-electron chi connectivity index (χ0n) is 16.8. The second-order valence-electron chi connectivity index (χ2n) is 6.88. The van der Waals surface area contributed by atoms with Crippen LogP contribution in [-0.4, -0.2) is 20.7 Å². The van der Waals surface area contributed by atoms with Crippen LogP contribution in [0, 0.1) is 6.92 Å². The minimum atomic E-state index is -4.07. The molecule has 0 unspecified atom stereocenters. The lowest BCUT2D eigenvalue weighted by molar-refractivity contribution is 0.416. The lowest BCUT2D eigenvalue weighted by Gasteiger charge is -2.19. The Morgan fingerprint density at radius 1 is 0.935 bits per heavy atom. The Balaban J connectivity index is 2.21. The van der Waals surface area contributed by atoms with E-state index in [1.807, 2.05) is 54.6 Å². The molecule has 1 aromatic heterocycles. The Labute approximate surface area is 188 Å². The number of benzene rings is 3. The van der Waals surface area contributed by atoms with E-state index in [0.29, 0.717) is 27.0 Å². The summed E-state index contributed by atoms with van der Waals surface area (Å²) >= 11 is 3.49. The number of para-hydroxylation sites is 1. The fourth-order valence-corrected chi connectivity index (χ4v) is 4.64. The van der Waals surface area contributed by atoms with Gasteiger partial charge in [0.05, 0.1) is 22.2 Å². The number of sulfonamides is 1. The van der Waals surface area contributed by atoms with Gasteiger partial charge in [-0.2, -0.15) is 0 Å². The van der Waals surface area contributed by atoms with Crippen molar-refractivity contribution in [2.24, 2.45) is 5.14 Å². The van der Waals surface area contributed by atoms with E-state index in [4.69, 9.17) is 14.4 Å². The third kappa shape index (κ3) is 3.89. The summed E-state index contributed by atoms with van der Waals surface area (Å²) in [7, 11) is -2.48. The first-order chi connectivity index (χ1) is 14.8.